The minimum Gasteiger partial charge on any atom is -0.493 e. The Bertz CT molecular complexity index is 586. The fraction of sp³-hybridized carbons (Fsp3) is 0.529. The highest BCUT2D eigenvalue weighted by atomic mass is 16.5. The molecule has 0 heterocycles. The van der Waals surface area contributed by atoms with Gasteiger partial charge in [0, 0.05) is 6.54 Å². The first-order valence-corrected chi connectivity index (χ1v) is 7.67. The summed E-state index contributed by atoms with van der Waals surface area (Å²) < 4.78 is 10.5. The number of carbonyl (C=O) groups is 2. The SMILES string of the molecule is COc1ccc(CC(C)CNC(=O)C2CC2C(=O)O)cc1OC. The summed E-state index contributed by atoms with van der Waals surface area (Å²) in [4.78, 5) is 22.6. The van der Waals surface area contributed by atoms with E-state index in [0.717, 1.165) is 12.0 Å². The number of carboxylic acids is 1. The number of amides is 1. The van der Waals surface area contributed by atoms with E-state index in [9.17, 15) is 9.59 Å². The summed E-state index contributed by atoms with van der Waals surface area (Å²) in [6, 6.07) is 5.76. The van der Waals surface area contributed by atoms with Gasteiger partial charge in [0.1, 0.15) is 0 Å². The highest BCUT2D eigenvalue weighted by Gasteiger charge is 2.48. The van der Waals surface area contributed by atoms with Crippen molar-refractivity contribution in [3.8, 4) is 11.5 Å². The van der Waals surface area contributed by atoms with Crippen molar-refractivity contribution in [3.63, 3.8) is 0 Å². The van der Waals surface area contributed by atoms with Gasteiger partial charge >= 0.3 is 5.97 Å². The first-order chi connectivity index (χ1) is 11.0. The number of carboxylic acid groups (broad SMARTS) is 1. The summed E-state index contributed by atoms with van der Waals surface area (Å²) >= 11 is 0. The van der Waals surface area contributed by atoms with Crippen LogP contribution in [0.15, 0.2) is 18.2 Å². The van der Waals surface area contributed by atoms with Gasteiger partial charge in [0.2, 0.25) is 5.91 Å². The Labute approximate surface area is 135 Å². The average Bonchev–Trinajstić information content (AvgIpc) is 3.33. The lowest BCUT2D eigenvalue weighted by Crippen LogP contribution is -2.31. The van der Waals surface area contributed by atoms with Crippen molar-refractivity contribution in [2.45, 2.75) is 19.8 Å². The largest absolute Gasteiger partial charge is 0.493 e. The third kappa shape index (κ3) is 4.37. The summed E-state index contributed by atoms with van der Waals surface area (Å²) in [5, 5.41) is 11.7. The predicted molar refractivity (Wildman–Crippen MR) is 84.7 cm³/mol. The van der Waals surface area contributed by atoms with Crippen molar-refractivity contribution in [1.29, 1.82) is 0 Å². The number of methoxy groups -OCH3 is 2. The number of aliphatic carboxylic acids is 1. The second-order valence-corrected chi connectivity index (χ2v) is 6.03. The fourth-order valence-corrected chi connectivity index (χ4v) is 2.65. The fourth-order valence-electron chi connectivity index (χ4n) is 2.65. The Hall–Kier alpha value is -2.24. The second kappa shape index (κ2) is 7.35. The van der Waals surface area contributed by atoms with Crippen LogP contribution >= 0.6 is 0 Å². The zero-order valence-corrected chi connectivity index (χ0v) is 13.7. The molecule has 1 aromatic rings. The molecule has 126 valence electrons. The van der Waals surface area contributed by atoms with Crippen LogP contribution < -0.4 is 14.8 Å². The molecule has 1 aliphatic rings. The van der Waals surface area contributed by atoms with Crippen LogP contribution in [0.1, 0.15) is 18.9 Å². The highest BCUT2D eigenvalue weighted by molar-refractivity contribution is 5.89. The number of ether oxygens (including phenoxy) is 2. The quantitative estimate of drug-likeness (QED) is 0.761. The molecule has 0 saturated heterocycles. The molecule has 2 N–H and O–H groups in total. The van der Waals surface area contributed by atoms with Crippen LogP contribution in [-0.2, 0) is 16.0 Å². The third-order valence-electron chi connectivity index (χ3n) is 4.10. The van der Waals surface area contributed by atoms with Crippen LogP contribution in [0.25, 0.3) is 0 Å². The van der Waals surface area contributed by atoms with E-state index in [1.165, 1.54) is 0 Å². The van der Waals surface area contributed by atoms with Gasteiger partial charge in [0.25, 0.3) is 0 Å². The van der Waals surface area contributed by atoms with Crippen molar-refractivity contribution in [3.05, 3.63) is 23.8 Å². The lowest BCUT2D eigenvalue weighted by atomic mass is 10.0. The molecule has 2 rings (SSSR count). The summed E-state index contributed by atoms with van der Waals surface area (Å²) in [5.41, 5.74) is 1.10. The number of carbonyl (C=O) groups excluding carboxylic acids is 1. The van der Waals surface area contributed by atoms with E-state index in [0.29, 0.717) is 24.5 Å². The van der Waals surface area contributed by atoms with Gasteiger partial charge in [-0.3, -0.25) is 9.59 Å². The first-order valence-electron chi connectivity index (χ1n) is 7.67. The molecule has 1 aliphatic carbocycles. The summed E-state index contributed by atoms with van der Waals surface area (Å²) in [5.74, 6) is -0.301. The lowest BCUT2D eigenvalue weighted by Gasteiger charge is -2.14. The molecular weight excluding hydrogens is 298 g/mol. The average molecular weight is 321 g/mol. The zero-order valence-electron chi connectivity index (χ0n) is 13.7. The van der Waals surface area contributed by atoms with Gasteiger partial charge in [-0.15, -0.1) is 0 Å². The highest BCUT2D eigenvalue weighted by Crippen LogP contribution is 2.38. The van der Waals surface area contributed by atoms with Gasteiger partial charge < -0.3 is 19.9 Å². The van der Waals surface area contributed by atoms with Gasteiger partial charge in [-0.05, 0) is 36.5 Å². The molecule has 0 radical (unpaired) electrons. The Kier molecular flexibility index (Phi) is 5.47. The minimum absolute atomic E-state index is 0.156. The second-order valence-electron chi connectivity index (χ2n) is 6.03. The Morgan fingerprint density at radius 1 is 1.26 bits per heavy atom. The lowest BCUT2D eigenvalue weighted by molar-refractivity contribution is -0.140. The maximum absolute atomic E-state index is 11.9. The van der Waals surface area contributed by atoms with Crippen LogP contribution in [0.3, 0.4) is 0 Å². The molecule has 23 heavy (non-hydrogen) atoms. The van der Waals surface area contributed by atoms with Crippen LogP contribution in [0.2, 0.25) is 0 Å². The summed E-state index contributed by atoms with van der Waals surface area (Å²) in [7, 11) is 3.19. The molecule has 0 aliphatic heterocycles. The van der Waals surface area contributed by atoms with E-state index in [1.54, 1.807) is 14.2 Å². The van der Waals surface area contributed by atoms with E-state index in [4.69, 9.17) is 14.6 Å². The van der Waals surface area contributed by atoms with Crippen molar-refractivity contribution in [1.82, 2.24) is 5.32 Å². The maximum atomic E-state index is 11.9. The number of benzene rings is 1. The molecule has 1 aromatic carbocycles. The smallest absolute Gasteiger partial charge is 0.307 e. The molecule has 1 fully saturated rings. The van der Waals surface area contributed by atoms with Crippen molar-refractivity contribution in [2.75, 3.05) is 20.8 Å². The molecule has 6 nitrogen and oxygen atoms in total. The molecule has 0 aromatic heterocycles. The molecule has 0 bridgehead atoms. The summed E-state index contributed by atoms with van der Waals surface area (Å²) in [6.07, 6.45) is 1.24. The van der Waals surface area contributed by atoms with E-state index >= 15 is 0 Å². The van der Waals surface area contributed by atoms with Gasteiger partial charge in [0.15, 0.2) is 11.5 Å². The number of nitrogens with one attached hydrogen (secondary N) is 1. The predicted octanol–water partition coefficient (Wildman–Crippen LogP) is 1.72. The van der Waals surface area contributed by atoms with Crippen molar-refractivity contribution in [2.24, 2.45) is 17.8 Å². The van der Waals surface area contributed by atoms with Crippen LogP contribution in [0.5, 0.6) is 11.5 Å². The molecule has 3 atom stereocenters. The van der Waals surface area contributed by atoms with Crippen molar-refractivity contribution >= 4 is 11.9 Å². The van der Waals surface area contributed by atoms with Crippen LogP contribution in [0.4, 0.5) is 0 Å². The van der Waals surface area contributed by atoms with E-state index in [-0.39, 0.29) is 17.7 Å². The van der Waals surface area contributed by atoms with E-state index < -0.39 is 11.9 Å². The Morgan fingerprint density at radius 2 is 1.96 bits per heavy atom. The number of hydrogen-bond donors (Lipinski definition) is 2. The van der Waals surface area contributed by atoms with E-state index in [2.05, 4.69) is 5.32 Å². The molecule has 1 amide bonds. The van der Waals surface area contributed by atoms with E-state index in [1.807, 2.05) is 25.1 Å². The minimum atomic E-state index is -0.886. The first kappa shape index (κ1) is 17.1. The molecule has 0 spiro atoms. The number of rotatable bonds is 8. The van der Waals surface area contributed by atoms with Gasteiger partial charge in [-0.2, -0.15) is 0 Å². The topological polar surface area (TPSA) is 84.9 Å². The van der Waals surface area contributed by atoms with Crippen LogP contribution in [0, 0.1) is 17.8 Å². The van der Waals surface area contributed by atoms with Crippen LogP contribution in [-0.4, -0.2) is 37.7 Å². The van der Waals surface area contributed by atoms with Gasteiger partial charge in [0.05, 0.1) is 26.1 Å². The third-order valence-corrected chi connectivity index (χ3v) is 4.10. The van der Waals surface area contributed by atoms with Gasteiger partial charge in [-0.1, -0.05) is 13.0 Å². The van der Waals surface area contributed by atoms with Gasteiger partial charge in [-0.25, -0.2) is 0 Å². The molecule has 6 heteroatoms. The molecule has 1 saturated carbocycles. The molecule has 3 unspecified atom stereocenters. The Morgan fingerprint density at radius 3 is 2.52 bits per heavy atom. The zero-order chi connectivity index (χ0) is 17.0. The summed E-state index contributed by atoms with van der Waals surface area (Å²) in [6.45, 7) is 2.56. The van der Waals surface area contributed by atoms with Crippen molar-refractivity contribution < 1.29 is 24.2 Å². The molecular formula is C17H23NO5. The monoisotopic (exact) mass is 321 g/mol. The normalized spacial score (nSPS) is 20.5. The number of hydrogen-bond acceptors (Lipinski definition) is 4. The Balaban J connectivity index is 1.82. The maximum Gasteiger partial charge on any atom is 0.307 e. The standard InChI is InChI=1S/C17H23NO5/c1-10(9-18-16(19)12-8-13(12)17(20)21)6-11-4-5-14(22-2)15(7-11)23-3/h4-5,7,10,12-13H,6,8-9H2,1-3H3,(H,18,19)(H,20,21).